The Balaban J connectivity index is 2.35. The smallest absolute Gasteiger partial charge is 0.307 e. The fraction of sp³-hybridized carbons (Fsp3) is 0.538. The zero-order chi connectivity index (χ0) is 15.2. The lowest BCUT2D eigenvalue weighted by Gasteiger charge is -2.07. The number of hydrogen-bond acceptors (Lipinski definition) is 6. The van der Waals surface area contributed by atoms with Crippen LogP contribution in [0.1, 0.15) is 19.2 Å². The van der Waals surface area contributed by atoms with Crippen LogP contribution < -0.4 is 4.74 Å². The Morgan fingerprint density at radius 2 is 2.24 bits per heavy atom. The number of ether oxygens (including phenoxy) is 2. The zero-order valence-electron chi connectivity index (χ0n) is 12.0. The minimum Gasteiger partial charge on any atom is -0.479 e. The third-order valence-electron chi connectivity index (χ3n) is 2.93. The first-order valence-electron chi connectivity index (χ1n) is 6.67. The molecule has 0 aliphatic carbocycles. The Morgan fingerprint density at radius 3 is 2.90 bits per heavy atom. The van der Waals surface area contributed by atoms with Crippen molar-refractivity contribution < 1.29 is 14.3 Å². The lowest BCUT2D eigenvalue weighted by molar-refractivity contribution is -0.143. The maximum Gasteiger partial charge on any atom is 0.307 e. The fourth-order valence-corrected chi connectivity index (χ4v) is 2.23. The first-order chi connectivity index (χ1) is 10.2. The first kappa shape index (κ1) is 15.5. The Labute approximate surface area is 127 Å². The Morgan fingerprint density at radius 1 is 1.43 bits per heavy atom. The highest BCUT2D eigenvalue weighted by Gasteiger charge is 2.16. The number of hydrogen-bond donors (Lipinski definition) is 0. The van der Waals surface area contributed by atoms with Gasteiger partial charge in [0.15, 0.2) is 11.2 Å². The zero-order valence-corrected chi connectivity index (χ0v) is 12.8. The van der Waals surface area contributed by atoms with E-state index in [0.29, 0.717) is 42.5 Å². The summed E-state index contributed by atoms with van der Waals surface area (Å²) in [5.41, 5.74) is 1.20. The largest absolute Gasteiger partial charge is 0.479 e. The third-order valence-corrected chi connectivity index (χ3v) is 3.12. The molecule has 0 bridgehead atoms. The van der Waals surface area contributed by atoms with Gasteiger partial charge in [-0.1, -0.05) is 0 Å². The molecule has 2 heterocycles. The lowest BCUT2D eigenvalue weighted by Crippen LogP contribution is -2.12. The lowest BCUT2D eigenvalue weighted by atomic mass is 10.4. The number of esters is 1. The van der Waals surface area contributed by atoms with Gasteiger partial charge in [0.05, 0.1) is 20.1 Å². The molecule has 0 saturated heterocycles. The van der Waals surface area contributed by atoms with Crippen molar-refractivity contribution in [2.45, 2.75) is 26.3 Å². The van der Waals surface area contributed by atoms with Gasteiger partial charge in [-0.2, -0.15) is 4.98 Å². The summed E-state index contributed by atoms with van der Waals surface area (Å²) in [6.45, 7) is 2.58. The van der Waals surface area contributed by atoms with E-state index in [-0.39, 0.29) is 12.4 Å². The summed E-state index contributed by atoms with van der Waals surface area (Å²) in [6, 6.07) is 0. The van der Waals surface area contributed by atoms with Gasteiger partial charge in [-0.05, 0) is 6.92 Å². The Bertz CT molecular complexity index is 629. The van der Waals surface area contributed by atoms with Crippen molar-refractivity contribution >= 4 is 28.7 Å². The molecule has 21 heavy (non-hydrogen) atoms. The predicted octanol–water partition coefficient (Wildman–Crippen LogP) is 1.57. The summed E-state index contributed by atoms with van der Waals surface area (Å²) in [6.07, 6.45) is 2.24. The van der Waals surface area contributed by atoms with E-state index in [1.807, 2.05) is 4.57 Å². The van der Waals surface area contributed by atoms with E-state index in [0.717, 1.165) is 5.82 Å². The number of imidazole rings is 1. The summed E-state index contributed by atoms with van der Waals surface area (Å²) in [5.74, 6) is 1.34. The van der Waals surface area contributed by atoms with E-state index >= 15 is 0 Å². The van der Waals surface area contributed by atoms with Crippen LogP contribution in [0.4, 0.5) is 0 Å². The molecular formula is C13H17ClN4O3. The van der Waals surface area contributed by atoms with Gasteiger partial charge >= 0.3 is 5.97 Å². The normalized spacial score (nSPS) is 10.8. The molecule has 2 aromatic heterocycles. The van der Waals surface area contributed by atoms with Gasteiger partial charge in [-0.25, -0.2) is 9.97 Å². The maximum atomic E-state index is 11.5. The summed E-state index contributed by atoms with van der Waals surface area (Å²) >= 11 is 5.81. The summed E-state index contributed by atoms with van der Waals surface area (Å²) in [5, 5.41) is 0. The van der Waals surface area contributed by atoms with Gasteiger partial charge in [0.25, 0.3) is 0 Å². The topological polar surface area (TPSA) is 79.1 Å². The molecule has 8 heteroatoms. The van der Waals surface area contributed by atoms with E-state index in [1.165, 1.54) is 13.4 Å². The van der Waals surface area contributed by atoms with Gasteiger partial charge in [0.2, 0.25) is 5.88 Å². The van der Waals surface area contributed by atoms with Gasteiger partial charge in [-0.15, -0.1) is 11.6 Å². The molecule has 2 aromatic rings. The second-order valence-corrected chi connectivity index (χ2v) is 4.61. The van der Waals surface area contributed by atoms with Crippen LogP contribution in [0.3, 0.4) is 0 Å². The molecule has 114 valence electrons. The highest BCUT2D eigenvalue weighted by Crippen LogP contribution is 2.22. The number of fused-ring (bicyclic) bond motifs is 1. The van der Waals surface area contributed by atoms with Crippen LogP contribution in [-0.4, -0.2) is 45.1 Å². The standard InChI is InChI=1S/C13H17ClN4O3/c1-3-21-10(19)5-7-18-9(4-6-14)17-11-12(18)15-8-16-13(11)20-2/h8H,3-7H2,1-2H3. The van der Waals surface area contributed by atoms with E-state index < -0.39 is 0 Å². The van der Waals surface area contributed by atoms with Crippen LogP contribution in [0, 0.1) is 0 Å². The number of methoxy groups -OCH3 is 1. The van der Waals surface area contributed by atoms with Crippen LogP contribution in [-0.2, 0) is 22.5 Å². The fourth-order valence-electron chi connectivity index (χ4n) is 2.06. The number of halogens is 1. The van der Waals surface area contributed by atoms with E-state index in [2.05, 4.69) is 15.0 Å². The molecule has 0 atom stereocenters. The predicted molar refractivity (Wildman–Crippen MR) is 77.5 cm³/mol. The van der Waals surface area contributed by atoms with Crippen molar-refractivity contribution in [1.82, 2.24) is 19.5 Å². The summed E-state index contributed by atoms with van der Waals surface area (Å²) < 4.78 is 12.0. The Kier molecular flexibility index (Phi) is 5.32. The third kappa shape index (κ3) is 3.41. The number of nitrogens with zero attached hydrogens (tertiary/aromatic N) is 4. The molecule has 0 N–H and O–H groups in total. The first-order valence-corrected chi connectivity index (χ1v) is 7.20. The SMILES string of the molecule is CCOC(=O)CCn1c(CCCl)nc2c(OC)ncnc21. The van der Waals surface area contributed by atoms with Crippen LogP contribution in [0.25, 0.3) is 11.2 Å². The molecule has 0 amide bonds. The summed E-state index contributed by atoms with van der Waals surface area (Å²) in [7, 11) is 1.53. The van der Waals surface area contributed by atoms with Gasteiger partial charge < -0.3 is 14.0 Å². The van der Waals surface area contributed by atoms with Gasteiger partial charge in [0.1, 0.15) is 12.2 Å². The monoisotopic (exact) mass is 312 g/mol. The van der Waals surface area contributed by atoms with E-state index in [9.17, 15) is 4.79 Å². The highest BCUT2D eigenvalue weighted by atomic mass is 35.5. The van der Waals surface area contributed by atoms with Crippen LogP contribution in [0.2, 0.25) is 0 Å². The van der Waals surface area contributed by atoms with Crippen molar-refractivity contribution in [2.24, 2.45) is 0 Å². The molecule has 0 fully saturated rings. The average molecular weight is 313 g/mol. The molecule has 2 rings (SSSR count). The second-order valence-electron chi connectivity index (χ2n) is 4.23. The molecule has 0 aromatic carbocycles. The van der Waals surface area contributed by atoms with E-state index in [1.54, 1.807) is 6.92 Å². The van der Waals surface area contributed by atoms with Crippen molar-refractivity contribution in [3.63, 3.8) is 0 Å². The molecule has 0 aliphatic heterocycles. The minimum atomic E-state index is -0.253. The number of carbonyl (C=O) groups is 1. The van der Waals surface area contributed by atoms with Gasteiger partial charge in [-0.3, -0.25) is 4.79 Å². The number of aryl methyl sites for hydroxylation is 2. The van der Waals surface area contributed by atoms with Crippen LogP contribution in [0.15, 0.2) is 6.33 Å². The number of alkyl halides is 1. The van der Waals surface area contributed by atoms with E-state index in [4.69, 9.17) is 21.1 Å². The van der Waals surface area contributed by atoms with Crippen LogP contribution >= 0.6 is 11.6 Å². The van der Waals surface area contributed by atoms with Crippen molar-refractivity contribution in [2.75, 3.05) is 19.6 Å². The molecule has 0 unspecified atom stereocenters. The number of rotatable bonds is 7. The van der Waals surface area contributed by atoms with Crippen molar-refractivity contribution in [3.05, 3.63) is 12.2 Å². The summed E-state index contributed by atoms with van der Waals surface area (Å²) in [4.78, 5) is 24.3. The molecule has 7 nitrogen and oxygen atoms in total. The molecule has 0 saturated carbocycles. The molecular weight excluding hydrogens is 296 g/mol. The number of aromatic nitrogens is 4. The molecule has 0 radical (unpaired) electrons. The molecule has 0 spiro atoms. The van der Waals surface area contributed by atoms with Gasteiger partial charge in [0, 0.05) is 18.8 Å². The minimum absolute atomic E-state index is 0.251. The van der Waals surface area contributed by atoms with Crippen molar-refractivity contribution in [1.29, 1.82) is 0 Å². The van der Waals surface area contributed by atoms with Crippen LogP contribution in [0.5, 0.6) is 5.88 Å². The highest BCUT2D eigenvalue weighted by molar-refractivity contribution is 6.17. The van der Waals surface area contributed by atoms with Crippen molar-refractivity contribution in [3.8, 4) is 5.88 Å². The maximum absolute atomic E-state index is 11.5. The second kappa shape index (κ2) is 7.21. The molecule has 0 aliphatic rings. The number of carbonyl (C=O) groups excluding carboxylic acids is 1. The average Bonchev–Trinajstić information content (AvgIpc) is 2.83. The quantitative estimate of drug-likeness (QED) is 0.570. The Hall–Kier alpha value is -1.89.